The molecule has 0 unspecified atom stereocenters. The summed E-state index contributed by atoms with van der Waals surface area (Å²) in [6, 6.07) is 6.15. The standard InChI is InChI=1S/C15H21N3O/c1-4-7-18-11-15(10-17-18)19-14-6-5-13(9-16-3)12(2)8-14/h5-6,8,10-11,16H,4,7,9H2,1-3H3. The van der Waals surface area contributed by atoms with E-state index in [1.807, 2.05) is 24.0 Å². The second-order valence-corrected chi connectivity index (χ2v) is 4.66. The Balaban J connectivity index is 2.07. The van der Waals surface area contributed by atoms with E-state index < -0.39 is 0 Å². The molecule has 19 heavy (non-hydrogen) atoms. The summed E-state index contributed by atoms with van der Waals surface area (Å²) >= 11 is 0. The third kappa shape index (κ3) is 3.58. The lowest BCUT2D eigenvalue weighted by Gasteiger charge is -2.08. The average molecular weight is 259 g/mol. The molecule has 0 atom stereocenters. The molecule has 1 aromatic heterocycles. The van der Waals surface area contributed by atoms with Gasteiger partial charge in [0.15, 0.2) is 5.75 Å². The first kappa shape index (κ1) is 13.6. The third-order valence-electron chi connectivity index (χ3n) is 2.98. The summed E-state index contributed by atoms with van der Waals surface area (Å²) in [4.78, 5) is 0. The second kappa shape index (κ2) is 6.38. The second-order valence-electron chi connectivity index (χ2n) is 4.66. The number of aryl methyl sites for hydroxylation is 2. The summed E-state index contributed by atoms with van der Waals surface area (Å²) in [5.41, 5.74) is 2.52. The van der Waals surface area contributed by atoms with Gasteiger partial charge in [-0.05, 0) is 43.7 Å². The Labute approximate surface area is 114 Å². The Kier molecular flexibility index (Phi) is 4.58. The van der Waals surface area contributed by atoms with Gasteiger partial charge in [-0.1, -0.05) is 13.0 Å². The van der Waals surface area contributed by atoms with Crippen LogP contribution >= 0.6 is 0 Å². The van der Waals surface area contributed by atoms with Gasteiger partial charge in [0.25, 0.3) is 0 Å². The minimum Gasteiger partial charge on any atom is -0.454 e. The molecule has 2 rings (SSSR count). The highest BCUT2D eigenvalue weighted by Gasteiger charge is 2.03. The predicted octanol–water partition coefficient (Wildman–Crippen LogP) is 3.11. The van der Waals surface area contributed by atoms with E-state index in [1.165, 1.54) is 11.1 Å². The number of nitrogens with one attached hydrogen (secondary N) is 1. The Bertz CT molecular complexity index is 534. The maximum atomic E-state index is 5.82. The Morgan fingerprint density at radius 2 is 2.16 bits per heavy atom. The first-order valence-electron chi connectivity index (χ1n) is 6.67. The van der Waals surface area contributed by atoms with Crippen molar-refractivity contribution in [2.24, 2.45) is 0 Å². The van der Waals surface area contributed by atoms with Gasteiger partial charge in [-0.3, -0.25) is 4.68 Å². The van der Waals surface area contributed by atoms with Gasteiger partial charge < -0.3 is 10.1 Å². The van der Waals surface area contributed by atoms with E-state index in [-0.39, 0.29) is 0 Å². The van der Waals surface area contributed by atoms with E-state index in [0.717, 1.165) is 31.0 Å². The average Bonchev–Trinajstić information content (AvgIpc) is 2.81. The molecular formula is C15H21N3O. The van der Waals surface area contributed by atoms with E-state index in [1.54, 1.807) is 6.20 Å². The molecular weight excluding hydrogens is 238 g/mol. The molecule has 0 fully saturated rings. The van der Waals surface area contributed by atoms with Gasteiger partial charge in [0.05, 0.1) is 12.4 Å². The van der Waals surface area contributed by atoms with Gasteiger partial charge in [0.1, 0.15) is 5.75 Å². The highest BCUT2D eigenvalue weighted by Crippen LogP contribution is 2.23. The maximum absolute atomic E-state index is 5.82. The van der Waals surface area contributed by atoms with Crippen LogP contribution in [-0.2, 0) is 13.1 Å². The molecule has 102 valence electrons. The summed E-state index contributed by atoms with van der Waals surface area (Å²) in [6.07, 6.45) is 4.76. The van der Waals surface area contributed by atoms with Crippen molar-refractivity contribution < 1.29 is 4.74 Å². The van der Waals surface area contributed by atoms with Crippen LogP contribution in [0.15, 0.2) is 30.6 Å². The highest BCUT2D eigenvalue weighted by molar-refractivity contribution is 5.37. The SMILES string of the molecule is CCCn1cc(Oc2ccc(CNC)c(C)c2)cn1. The van der Waals surface area contributed by atoms with E-state index in [2.05, 4.69) is 36.4 Å². The van der Waals surface area contributed by atoms with Crippen LogP contribution in [-0.4, -0.2) is 16.8 Å². The molecule has 0 spiro atoms. The van der Waals surface area contributed by atoms with Crippen molar-refractivity contribution in [3.63, 3.8) is 0 Å². The number of aromatic nitrogens is 2. The molecule has 1 aromatic carbocycles. The molecule has 0 aliphatic rings. The molecule has 1 N–H and O–H groups in total. The van der Waals surface area contributed by atoms with Gasteiger partial charge in [0, 0.05) is 13.1 Å². The van der Waals surface area contributed by atoms with Crippen molar-refractivity contribution in [1.29, 1.82) is 0 Å². The quantitative estimate of drug-likeness (QED) is 0.866. The topological polar surface area (TPSA) is 39.1 Å². The van der Waals surface area contributed by atoms with Crippen LogP contribution in [0, 0.1) is 6.92 Å². The molecule has 1 heterocycles. The zero-order valence-electron chi connectivity index (χ0n) is 11.8. The van der Waals surface area contributed by atoms with Crippen LogP contribution in [0.25, 0.3) is 0 Å². The van der Waals surface area contributed by atoms with Crippen LogP contribution in [0.2, 0.25) is 0 Å². The number of benzene rings is 1. The Hall–Kier alpha value is -1.81. The summed E-state index contributed by atoms with van der Waals surface area (Å²) in [5, 5.41) is 7.41. The number of hydrogen-bond acceptors (Lipinski definition) is 3. The van der Waals surface area contributed by atoms with Crippen molar-refractivity contribution >= 4 is 0 Å². The molecule has 0 saturated heterocycles. The number of rotatable bonds is 6. The van der Waals surface area contributed by atoms with Gasteiger partial charge in [-0.25, -0.2) is 0 Å². The first-order chi connectivity index (χ1) is 9.22. The van der Waals surface area contributed by atoms with Crippen molar-refractivity contribution in [3.8, 4) is 11.5 Å². The van der Waals surface area contributed by atoms with E-state index in [0.29, 0.717) is 0 Å². The fraction of sp³-hybridized carbons (Fsp3) is 0.400. The lowest BCUT2D eigenvalue weighted by Crippen LogP contribution is -2.06. The molecule has 0 radical (unpaired) electrons. The molecule has 0 aliphatic heterocycles. The van der Waals surface area contributed by atoms with Gasteiger partial charge >= 0.3 is 0 Å². The molecule has 0 aliphatic carbocycles. The fourth-order valence-corrected chi connectivity index (χ4v) is 2.01. The molecule has 0 saturated carbocycles. The fourth-order valence-electron chi connectivity index (χ4n) is 2.01. The van der Waals surface area contributed by atoms with E-state index >= 15 is 0 Å². The highest BCUT2D eigenvalue weighted by atomic mass is 16.5. The van der Waals surface area contributed by atoms with Crippen LogP contribution in [0.5, 0.6) is 11.5 Å². The number of hydrogen-bond donors (Lipinski definition) is 1. The third-order valence-corrected chi connectivity index (χ3v) is 2.98. The van der Waals surface area contributed by atoms with E-state index in [9.17, 15) is 0 Å². The van der Waals surface area contributed by atoms with Gasteiger partial charge in [0.2, 0.25) is 0 Å². The van der Waals surface area contributed by atoms with Crippen LogP contribution in [0.4, 0.5) is 0 Å². The summed E-state index contributed by atoms with van der Waals surface area (Å²) < 4.78 is 7.72. The lowest BCUT2D eigenvalue weighted by atomic mass is 10.1. The molecule has 4 nitrogen and oxygen atoms in total. The van der Waals surface area contributed by atoms with Gasteiger partial charge in [-0.15, -0.1) is 0 Å². The van der Waals surface area contributed by atoms with Crippen molar-refractivity contribution in [1.82, 2.24) is 15.1 Å². The van der Waals surface area contributed by atoms with Crippen LogP contribution < -0.4 is 10.1 Å². The first-order valence-corrected chi connectivity index (χ1v) is 6.67. The Morgan fingerprint density at radius 3 is 2.84 bits per heavy atom. The molecule has 0 amide bonds. The lowest BCUT2D eigenvalue weighted by molar-refractivity contribution is 0.480. The number of nitrogens with zero attached hydrogens (tertiary/aromatic N) is 2. The van der Waals surface area contributed by atoms with Crippen molar-refractivity contribution in [2.45, 2.75) is 33.4 Å². The minimum absolute atomic E-state index is 0.786. The molecule has 4 heteroatoms. The zero-order valence-corrected chi connectivity index (χ0v) is 11.8. The molecule has 0 bridgehead atoms. The number of ether oxygens (including phenoxy) is 1. The van der Waals surface area contributed by atoms with E-state index in [4.69, 9.17) is 4.74 Å². The maximum Gasteiger partial charge on any atom is 0.165 e. The monoisotopic (exact) mass is 259 g/mol. The minimum atomic E-state index is 0.786. The normalized spacial score (nSPS) is 10.7. The zero-order chi connectivity index (χ0) is 13.7. The summed E-state index contributed by atoms with van der Waals surface area (Å²) in [6.45, 7) is 6.02. The largest absolute Gasteiger partial charge is 0.454 e. The van der Waals surface area contributed by atoms with Crippen LogP contribution in [0.3, 0.4) is 0 Å². The van der Waals surface area contributed by atoms with Crippen molar-refractivity contribution in [3.05, 3.63) is 41.7 Å². The predicted molar refractivity (Wildman–Crippen MR) is 76.5 cm³/mol. The van der Waals surface area contributed by atoms with Gasteiger partial charge in [-0.2, -0.15) is 5.10 Å². The smallest absolute Gasteiger partial charge is 0.165 e. The van der Waals surface area contributed by atoms with Crippen molar-refractivity contribution in [2.75, 3.05) is 7.05 Å². The summed E-state index contributed by atoms with van der Waals surface area (Å²) in [5.74, 6) is 1.64. The Morgan fingerprint density at radius 1 is 1.32 bits per heavy atom. The summed E-state index contributed by atoms with van der Waals surface area (Å²) in [7, 11) is 1.95. The van der Waals surface area contributed by atoms with Crippen LogP contribution in [0.1, 0.15) is 24.5 Å². The molecule has 2 aromatic rings.